The van der Waals surface area contributed by atoms with Crippen molar-refractivity contribution in [3.8, 4) is 28.0 Å². The number of para-hydroxylation sites is 1. The maximum absolute atomic E-state index is 6.76. The molecule has 0 amide bonds. The Labute approximate surface area is 217 Å². The Morgan fingerprint density at radius 2 is 1.19 bits per heavy atom. The van der Waals surface area contributed by atoms with Crippen LogP contribution in [-0.2, 0) is 0 Å². The average Bonchev–Trinajstić information content (AvgIpc) is 3.06. The van der Waals surface area contributed by atoms with Crippen molar-refractivity contribution >= 4 is 30.2 Å². The van der Waals surface area contributed by atoms with Gasteiger partial charge in [0.15, 0.2) is 5.75 Å². The second kappa shape index (κ2) is 9.69. The summed E-state index contributed by atoms with van der Waals surface area (Å²) >= 11 is 0. The molecule has 0 aliphatic heterocycles. The molecule has 0 saturated carbocycles. The number of benzene rings is 5. The maximum atomic E-state index is 6.76. The highest BCUT2D eigenvalue weighted by Gasteiger charge is 2.18. The Balaban J connectivity index is 1.64. The molecule has 182 valence electrons. The van der Waals surface area contributed by atoms with Gasteiger partial charge in [-0.2, -0.15) is 0 Å². The van der Waals surface area contributed by atoms with Crippen LogP contribution in [0.3, 0.4) is 0 Å². The lowest BCUT2D eigenvalue weighted by Gasteiger charge is -2.14. The molecule has 1 heterocycles. The van der Waals surface area contributed by atoms with Gasteiger partial charge in [-0.25, -0.2) is 0 Å². The first-order valence-electron chi connectivity index (χ1n) is 12.4. The highest BCUT2D eigenvalue weighted by Crippen LogP contribution is 2.46. The van der Waals surface area contributed by atoms with Crippen LogP contribution < -0.4 is 4.52 Å². The van der Waals surface area contributed by atoms with Crippen LogP contribution in [0.1, 0.15) is 16.7 Å². The van der Waals surface area contributed by atoms with Gasteiger partial charge in [-0.1, -0.05) is 96.6 Å². The molecular formula is C33H27O3P. The van der Waals surface area contributed by atoms with Gasteiger partial charge in [-0.15, -0.1) is 0 Å². The molecule has 1 unspecified atom stereocenters. The molecule has 5 aromatic carbocycles. The minimum absolute atomic E-state index is 0.743. The van der Waals surface area contributed by atoms with Gasteiger partial charge in [0.25, 0.3) is 0 Å². The molecule has 37 heavy (non-hydrogen) atoms. The fourth-order valence-corrected chi connectivity index (χ4v) is 5.99. The van der Waals surface area contributed by atoms with E-state index in [0.29, 0.717) is 0 Å². The Morgan fingerprint density at radius 1 is 0.568 bits per heavy atom. The van der Waals surface area contributed by atoms with Crippen molar-refractivity contribution in [1.82, 2.24) is 0 Å². The summed E-state index contributed by atoms with van der Waals surface area (Å²) in [5, 5.41) is 2.06. The quantitative estimate of drug-likeness (QED) is 0.240. The van der Waals surface area contributed by atoms with Crippen LogP contribution in [0.15, 0.2) is 118 Å². The fraction of sp³-hybridized carbons (Fsp3) is 0.0909. The summed E-state index contributed by atoms with van der Waals surface area (Å²) in [6.07, 6.45) is 0. The van der Waals surface area contributed by atoms with Gasteiger partial charge < -0.3 is 12.9 Å². The number of rotatable bonds is 4. The summed E-state index contributed by atoms with van der Waals surface area (Å²) in [4.78, 5) is 0. The van der Waals surface area contributed by atoms with Crippen LogP contribution in [0.5, 0.6) is 5.75 Å². The predicted molar refractivity (Wildman–Crippen MR) is 154 cm³/mol. The first kappa shape index (κ1) is 23.2. The standard InChI is InChI=1S/C33H27O3P/c1-22-17-18-31-29(20-22)30-21-23(2)19-24(3)32(30)35-37(34-31)36-33-27(25-11-6-4-7-12-25)15-10-16-28(33)26-13-8-5-9-14-26/h4-21H,1-3H3. The molecule has 3 nitrogen and oxygen atoms in total. The van der Waals surface area contributed by atoms with Crippen LogP contribution in [0.25, 0.3) is 44.2 Å². The summed E-state index contributed by atoms with van der Waals surface area (Å²) in [6, 6.07) is 37.4. The molecule has 1 aromatic heterocycles. The van der Waals surface area contributed by atoms with Crippen molar-refractivity contribution in [1.29, 1.82) is 0 Å². The van der Waals surface area contributed by atoms with Crippen LogP contribution in [0, 0.1) is 20.8 Å². The fourth-order valence-electron chi connectivity index (χ4n) is 4.82. The van der Waals surface area contributed by atoms with Crippen molar-refractivity contribution < 1.29 is 12.9 Å². The number of hydrogen-bond donors (Lipinski definition) is 0. The van der Waals surface area contributed by atoms with Gasteiger partial charge in [-0.3, -0.25) is 0 Å². The number of hydrogen-bond acceptors (Lipinski definition) is 3. The first-order valence-corrected chi connectivity index (χ1v) is 13.5. The minimum Gasteiger partial charge on any atom is -0.390 e. The Morgan fingerprint density at radius 3 is 1.84 bits per heavy atom. The molecule has 0 bridgehead atoms. The van der Waals surface area contributed by atoms with Gasteiger partial charge in [0.2, 0.25) is 0 Å². The van der Waals surface area contributed by atoms with Gasteiger partial charge in [0, 0.05) is 21.9 Å². The largest absolute Gasteiger partial charge is 0.453 e. The Kier molecular flexibility index (Phi) is 6.08. The van der Waals surface area contributed by atoms with Crippen molar-refractivity contribution in [2.24, 2.45) is 0 Å². The number of fused-ring (bicyclic) bond motifs is 3. The SMILES string of the molecule is Cc1ccc2op(Oc3c(-c4ccccc4)cccc3-c3ccccc3)oc3c(C)cc(C)cc3c2c1. The van der Waals surface area contributed by atoms with E-state index >= 15 is 0 Å². The average molecular weight is 503 g/mol. The molecule has 0 radical (unpaired) electrons. The summed E-state index contributed by atoms with van der Waals surface area (Å²) < 4.78 is 19.8. The molecule has 6 rings (SSSR count). The van der Waals surface area contributed by atoms with Crippen molar-refractivity contribution in [2.45, 2.75) is 20.8 Å². The van der Waals surface area contributed by atoms with E-state index in [0.717, 1.165) is 55.5 Å². The summed E-state index contributed by atoms with van der Waals surface area (Å²) in [6.45, 7) is 6.28. The zero-order valence-electron chi connectivity index (χ0n) is 21.1. The molecule has 0 spiro atoms. The smallest absolute Gasteiger partial charge is 0.390 e. The second-order valence-corrected chi connectivity index (χ2v) is 10.4. The van der Waals surface area contributed by atoms with E-state index in [-0.39, 0.29) is 0 Å². The van der Waals surface area contributed by atoms with Crippen molar-refractivity contribution in [3.05, 3.63) is 126 Å². The predicted octanol–water partition coefficient (Wildman–Crippen LogP) is 10.4. The lowest BCUT2D eigenvalue weighted by Crippen LogP contribution is -1.90. The summed E-state index contributed by atoms with van der Waals surface area (Å²) in [7, 11) is -1.80. The molecule has 0 fully saturated rings. The molecule has 0 aliphatic rings. The van der Waals surface area contributed by atoms with Crippen LogP contribution in [0.2, 0.25) is 0 Å². The summed E-state index contributed by atoms with van der Waals surface area (Å²) in [5.74, 6) is 0.743. The molecule has 4 heteroatoms. The van der Waals surface area contributed by atoms with E-state index in [1.807, 2.05) is 42.5 Å². The normalized spacial score (nSPS) is 11.6. The first-order chi connectivity index (χ1) is 18.1. The van der Waals surface area contributed by atoms with E-state index in [4.69, 9.17) is 12.9 Å². The Hall–Kier alpha value is -4.20. The van der Waals surface area contributed by atoms with E-state index < -0.39 is 8.24 Å². The third-order valence-electron chi connectivity index (χ3n) is 6.53. The third-order valence-corrected chi connectivity index (χ3v) is 7.54. The van der Waals surface area contributed by atoms with E-state index in [1.54, 1.807) is 0 Å². The van der Waals surface area contributed by atoms with Gasteiger partial charge >= 0.3 is 8.24 Å². The monoisotopic (exact) mass is 502 g/mol. The molecule has 0 N–H and O–H groups in total. The van der Waals surface area contributed by atoms with Crippen LogP contribution >= 0.6 is 8.24 Å². The second-order valence-electron chi connectivity index (χ2n) is 9.37. The molecule has 0 saturated heterocycles. The minimum atomic E-state index is -1.80. The van der Waals surface area contributed by atoms with Crippen LogP contribution in [0.4, 0.5) is 0 Å². The molecular weight excluding hydrogens is 475 g/mol. The Bertz CT molecular complexity index is 1710. The third kappa shape index (κ3) is 4.55. The number of aryl methyl sites for hydroxylation is 3. The summed E-state index contributed by atoms with van der Waals surface area (Å²) in [5.41, 5.74) is 9.10. The van der Waals surface area contributed by atoms with E-state index in [2.05, 4.69) is 87.5 Å². The van der Waals surface area contributed by atoms with E-state index in [9.17, 15) is 0 Å². The lowest BCUT2D eigenvalue weighted by molar-refractivity contribution is 0.499. The molecule has 0 aliphatic carbocycles. The molecule has 1 atom stereocenters. The zero-order chi connectivity index (χ0) is 25.4. The van der Waals surface area contributed by atoms with Gasteiger partial charge in [0.1, 0.15) is 11.2 Å². The van der Waals surface area contributed by atoms with E-state index in [1.165, 1.54) is 11.1 Å². The van der Waals surface area contributed by atoms with Gasteiger partial charge in [-0.05, 0) is 61.2 Å². The van der Waals surface area contributed by atoms with Crippen molar-refractivity contribution in [2.75, 3.05) is 0 Å². The van der Waals surface area contributed by atoms with Crippen molar-refractivity contribution in [3.63, 3.8) is 0 Å². The zero-order valence-corrected chi connectivity index (χ0v) is 22.0. The van der Waals surface area contributed by atoms with Gasteiger partial charge in [0.05, 0.1) is 0 Å². The highest BCUT2D eigenvalue weighted by atomic mass is 31.1. The highest BCUT2D eigenvalue weighted by molar-refractivity contribution is 7.32. The maximum Gasteiger partial charge on any atom is 0.453 e. The lowest BCUT2D eigenvalue weighted by atomic mass is 9.97. The topological polar surface area (TPSA) is 35.5 Å². The van der Waals surface area contributed by atoms with Crippen LogP contribution in [-0.4, -0.2) is 0 Å². The molecule has 6 aromatic rings.